The van der Waals surface area contributed by atoms with Crippen LogP contribution in [0.15, 0.2) is 30.3 Å². The zero-order chi connectivity index (χ0) is 23.3. The molecule has 0 saturated heterocycles. The van der Waals surface area contributed by atoms with Gasteiger partial charge in [-0.05, 0) is 38.5 Å². The highest BCUT2D eigenvalue weighted by atomic mass is 35.5. The number of nitrogens with zero attached hydrogens (tertiary/aromatic N) is 4. The van der Waals surface area contributed by atoms with Crippen LogP contribution in [-0.4, -0.2) is 26.2 Å². The van der Waals surface area contributed by atoms with Gasteiger partial charge in [0.05, 0.1) is 10.9 Å². The zero-order valence-electron chi connectivity index (χ0n) is 17.8. The number of alkyl halides is 2. The molecule has 2 N–H and O–H groups in total. The van der Waals surface area contributed by atoms with Crippen molar-refractivity contribution in [1.82, 2.24) is 15.0 Å². The number of anilines is 1. The summed E-state index contributed by atoms with van der Waals surface area (Å²) in [5, 5.41) is 13.6. The topological polar surface area (TPSA) is 75.3 Å². The van der Waals surface area contributed by atoms with E-state index in [4.69, 9.17) is 18.2 Å². The van der Waals surface area contributed by atoms with Crippen molar-refractivity contribution in [2.24, 2.45) is 0 Å². The van der Waals surface area contributed by atoms with Crippen molar-refractivity contribution in [1.29, 1.82) is 0 Å². The van der Waals surface area contributed by atoms with Crippen molar-refractivity contribution in [2.75, 3.05) is 5.32 Å². The number of rotatable bonds is 6. The van der Waals surface area contributed by atoms with Gasteiger partial charge in [-0.3, -0.25) is 0 Å². The molecule has 4 rings (SSSR count). The van der Waals surface area contributed by atoms with Gasteiger partial charge in [-0.15, -0.1) is 0 Å². The Morgan fingerprint density at radius 2 is 1.94 bits per heavy atom. The molecule has 0 bridgehead atoms. The second-order valence-corrected chi connectivity index (χ2v) is 8.61. The summed E-state index contributed by atoms with van der Waals surface area (Å²) in [6.07, 6.45) is -0.361. The second-order valence-electron chi connectivity index (χ2n) is 8.25. The van der Waals surface area contributed by atoms with Gasteiger partial charge in [0.2, 0.25) is 0 Å². The molecule has 166 valence electrons. The van der Waals surface area contributed by atoms with Crippen LogP contribution in [0.25, 0.3) is 15.9 Å². The molecule has 32 heavy (non-hydrogen) atoms. The van der Waals surface area contributed by atoms with Crippen LogP contribution in [0.2, 0.25) is 5.15 Å². The Balaban J connectivity index is 1.73. The minimum atomic E-state index is -3.36. The molecule has 3 aromatic rings. The van der Waals surface area contributed by atoms with Gasteiger partial charge in [0, 0.05) is 24.4 Å². The van der Waals surface area contributed by atoms with Crippen LogP contribution in [0, 0.1) is 13.5 Å². The lowest BCUT2D eigenvalue weighted by molar-refractivity contribution is -0.106. The first kappa shape index (κ1) is 22.3. The third-order valence-corrected chi connectivity index (χ3v) is 6.13. The number of pyridine rings is 1. The molecule has 0 aliphatic heterocycles. The molecule has 0 spiro atoms. The number of benzene rings is 1. The van der Waals surface area contributed by atoms with Crippen LogP contribution < -0.4 is 5.32 Å². The van der Waals surface area contributed by atoms with E-state index >= 15 is 0 Å². The Kier molecular flexibility index (Phi) is 5.51. The zero-order valence-corrected chi connectivity index (χ0v) is 18.6. The Labute approximate surface area is 189 Å². The fraction of sp³-hybridized carbons (Fsp3) is 0.391. The lowest BCUT2D eigenvalue weighted by atomic mass is 9.99. The Morgan fingerprint density at radius 3 is 2.56 bits per heavy atom. The SMILES string of the molecule is [C-]#[N+]C1(c2cc3c(N[C@H](C)c4cccc(C(F)(F)[C@@H](C)O)c4)nc(C)nc3nc2Cl)CC1. The van der Waals surface area contributed by atoms with E-state index in [-0.39, 0.29) is 16.8 Å². The van der Waals surface area contributed by atoms with E-state index in [9.17, 15) is 13.9 Å². The maximum Gasteiger partial charge on any atom is 0.298 e. The normalized spacial score (nSPS) is 16.9. The fourth-order valence-electron chi connectivity index (χ4n) is 3.68. The Hall–Kier alpha value is -2.89. The van der Waals surface area contributed by atoms with Gasteiger partial charge in [-0.2, -0.15) is 8.78 Å². The average molecular weight is 458 g/mol. The van der Waals surface area contributed by atoms with Crippen molar-refractivity contribution < 1.29 is 13.9 Å². The predicted octanol–water partition coefficient (Wildman–Crippen LogP) is 5.54. The summed E-state index contributed by atoms with van der Waals surface area (Å²) < 4.78 is 28.6. The molecule has 0 unspecified atom stereocenters. The van der Waals surface area contributed by atoms with Crippen LogP contribution in [-0.2, 0) is 11.5 Å². The number of halogens is 3. The molecule has 6 nitrogen and oxygen atoms in total. The number of aromatic nitrogens is 3. The highest BCUT2D eigenvalue weighted by Crippen LogP contribution is 2.52. The van der Waals surface area contributed by atoms with E-state index in [2.05, 4.69) is 25.1 Å². The van der Waals surface area contributed by atoms with E-state index < -0.39 is 17.6 Å². The minimum Gasteiger partial charge on any atom is -0.387 e. The van der Waals surface area contributed by atoms with Gasteiger partial charge in [0.1, 0.15) is 22.9 Å². The van der Waals surface area contributed by atoms with Crippen LogP contribution in [0.1, 0.15) is 55.2 Å². The van der Waals surface area contributed by atoms with Crippen molar-refractivity contribution in [3.63, 3.8) is 0 Å². The molecule has 2 heterocycles. The molecule has 1 aromatic carbocycles. The molecule has 2 atom stereocenters. The number of hydrogen-bond acceptors (Lipinski definition) is 5. The summed E-state index contributed by atoms with van der Waals surface area (Å²) in [6, 6.07) is 7.36. The summed E-state index contributed by atoms with van der Waals surface area (Å²) in [4.78, 5) is 17.0. The number of aryl methyl sites for hydroxylation is 1. The molecule has 1 fully saturated rings. The van der Waals surface area contributed by atoms with Gasteiger partial charge in [0.25, 0.3) is 11.5 Å². The van der Waals surface area contributed by atoms with Gasteiger partial charge in [0.15, 0.2) is 5.65 Å². The Morgan fingerprint density at radius 1 is 1.22 bits per heavy atom. The minimum absolute atomic E-state index is 0.258. The molecular weight excluding hydrogens is 436 g/mol. The smallest absolute Gasteiger partial charge is 0.298 e. The molecule has 1 saturated carbocycles. The number of hydrogen-bond donors (Lipinski definition) is 2. The van der Waals surface area contributed by atoms with Gasteiger partial charge in [-0.25, -0.2) is 21.5 Å². The van der Waals surface area contributed by atoms with E-state index in [0.717, 1.165) is 19.8 Å². The first-order valence-corrected chi connectivity index (χ1v) is 10.6. The van der Waals surface area contributed by atoms with Crippen LogP contribution in [0.5, 0.6) is 0 Å². The van der Waals surface area contributed by atoms with E-state index in [0.29, 0.717) is 33.8 Å². The summed E-state index contributed by atoms with van der Waals surface area (Å²) in [5.74, 6) is -2.40. The van der Waals surface area contributed by atoms with Gasteiger partial charge in [-0.1, -0.05) is 29.8 Å². The van der Waals surface area contributed by atoms with Crippen molar-refractivity contribution >= 4 is 28.5 Å². The molecule has 1 aliphatic carbocycles. The summed E-state index contributed by atoms with van der Waals surface area (Å²) in [7, 11) is 0. The molecule has 0 radical (unpaired) electrons. The van der Waals surface area contributed by atoms with Gasteiger partial charge >= 0.3 is 0 Å². The first-order valence-electron chi connectivity index (χ1n) is 10.2. The fourth-order valence-corrected chi connectivity index (χ4v) is 3.99. The number of aliphatic hydroxyl groups is 1. The number of aliphatic hydroxyl groups excluding tert-OH is 1. The monoisotopic (exact) mass is 457 g/mol. The molecule has 0 amide bonds. The molecule has 9 heteroatoms. The standard InChI is InChI=1S/C23H22ClF2N5O/c1-12(15-6-5-7-16(10-15)23(25,26)13(2)32)28-20-17-11-18(22(27-4)8-9-22)19(24)31-21(17)30-14(3)29-20/h5-7,10-13,32H,8-9H2,1-3H3,(H,28,29,30,31)/t12-,13-/m1/s1. The lowest BCUT2D eigenvalue weighted by Gasteiger charge is -2.22. The quantitative estimate of drug-likeness (QED) is 0.375. The highest BCUT2D eigenvalue weighted by molar-refractivity contribution is 6.30. The van der Waals surface area contributed by atoms with Crippen LogP contribution in [0.3, 0.4) is 0 Å². The summed E-state index contributed by atoms with van der Waals surface area (Å²) in [6.45, 7) is 12.2. The van der Waals surface area contributed by atoms with E-state index in [1.54, 1.807) is 13.0 Å². The summed E-state index contributed by atoms with van der Waals surface area (Å²) >= 11 is 6.37. The first-order chi connectivity index (χ1) is 15.1. The van der Waals surface area contributed by atoms with E-state index in [1.165, 1.54) is 18.2 Å². The second kappa shape index (κ2) is 7.91. The van der Waals surface area contributed by atoms with Crippen LogP contribution in [0.4, 0.5) is 14.6 Å². The van der Waals surface area contributed by atoms with Crippen molar-refractivity contribution in [2.45, 2.75) is 57.2 Å². The van der Waals surface area contributed by atoms with E-state index in [1.807, 2.05) is 13.0 Å². The molecule has 1 aliphatic rings. The lowest BCUT2D eigenvalue weighted by Crippen LogP contribution is -2.28. The Bertz CT molecular complexity index is 1240. The van der Waals surface area contributed by atoms with Gasteiger partial charge < -0.3 is 15.3 Å². The van der Waals surface area contributed by atoms with Crippen molar-refractivity contribution in [3.8, 4) is 0 Å². The maximum atomic E-state index is 14.3. The third-order valence-electron chi connectivity index (χ3n) is 5.84. The number of nitrogens with one attached hydrogen (secondary N) is 1. The highest BCUT2D eigenvalue weighted by Gasteiger charge is 2.54. The van der Waals surface area contributed by atoms with Crippen molar-refractivity contribution in [3.05, 3.63) is 69.4 Å². The maximum absolute atomic E-state index is 14.3. The average Bonchev–Trinajstić information content (AvgIpc) is 3.54. The van der Waals surface area contributed by atoms with Crippen LogP contribution >= 0.6 is 11.6 Å². The number of fused-ring (bicyclic) bond motifs is 1. The largest absolute Gasteiger partial charge is 0.387 e. The molecule has 2 aromatic heterocycles. The summed E-state index contributed by atoms with van der Waals surface area (Å²) in [5.41, 5.74) is 0.756. The third kappa shape index (κ3) is 3.87. The molecular formula is C23H22ClF2N5O. The predicted molar refractivity (Wildman–Crippen MR) is 119 cm³/mol.